The van der Waals surface area contributed by atoms with Gasteiger partial charge in [0.25, 0.3) is 5.88 Å². The molecular weight excluding hydrogens is 222 g/mol. The van der Waals surface area contributed by atoms with Gasteiger partial charge < -0.3 is 14.4 Å². The molecule has 2 rings (SSSR count). The number of aliphatic carboxylic acids is 1. The molecule has 17 heavy (non-hydrogen) atoms. The number of hydrogen-bond donors (Lipinski definition) is 1. The van der Waals surface area contributed by atoms with E-state index in [4.69, 9.17) is 14.4 Å². The first kappa shape index (κ1) is 11.2. The minimum Gasteiger partial charge on any atom is -0.481 e. The predicted octanol–water partition coefficient (Wildman–Crippen LogP) is 1.88. The van der Waals surface area contributed by atoms with Gasteiger partial charge in [-0.2, -0.15) is 0 Å². The molecule has 0 aliphatic carbocycles. The summed E-state index contributed by atoms with van der Waals surface area (Å²) < 4.78 is 10.2. The summed E-state index contributed by atoms with van der Waals surface area (Å²) in [5, 5.41) is 12.2. The summed E-state index contributed by atoms with van der Waals surface area (Å²) in [6, 6.07) is 11.1. The number of carboxylic acid groups (broad SMARTS) is 1. The molecule has 0 unspecified atom stereocenters. The summed E-state index contributed by atoms with van der Waals surface area (Å²) in [4.78, 5) is 10.4. The molecule has 0 aliphatic heterocycles. The number of aromatic nitrogens is 1. The monoisotopic (exact) mass is 233 g/mol. The van der Waals surface area contributed by atoms with Gasteiger partial charge in [-0.15, -0.1) is 0 Å². The maximum atomic E-state index is 10.4. The second-order valence-corrected chi connectivity index (χ2v) is 3.48. The molecule has 0 atom stereocenters. The first-order valence-corrected chi connectivity index (χ1v) is 5.08. The molecule has 0 spiro atoms. The normalized spacial score (nSPS) is 10.1. The van der Waals surface area contributed by atoms with E-state index in [0.29, 0.717) is 12.5 Å². The Kier molecular flexibility index (Phi) is 3.40. The molecule has 0 saturated carbocycles. The maximum absolute atomic E-state index is 10.4. The second kappa shape index (κ2) is 5.16. The Morgan fingerprint density at radius 1 is 1.35 bits per heavy atom. The second-order valence-electron chi connectivity index (χ2n) is 3.48. The van der Waals surface area contributed by atoms with Crippen LogP contribution in [0, 0.1) is 0 Å². The lowest BCUT2D eigenvalue weighted by Crippen LogP contribution is -1.98. The van der Waals surface area contributed by atoms with E-state index in [9.17, 15) is 4.79 Å². The van der Waals surface area contributed by atoms with Crippen LogP contribution in [0.1, 0.15) is 11.3 Å². The molecule has 1 N–H and O–H groups in total. The molecule has 5 heteroatoms. The average Bonchev–Trinajstić information content (AvgIpc) is 2.75. The van der Waals surface area contributed by atoms with Crippen molar-refractivity contribution in [1.29, 1.82) is 0 Å². The van der Waals surface area contributed by atoms with Crippen LogP contribution in [-0.4, -0.2) is 16.2 Å². The molecule has 88 valence electrons. The van der Waals surface area contributed by atoms with E-state index in [0.717, 1.165) is 5.56 Å². The van der Waals surface area contributed by atoms with Crippen LogP contribution < -0.4 is 4.74 Å². The zero-order valence-corrected chi connectivity index (χ0v) is 9.00. The smallest absolute Gasteiger partial charge is 0.311 e. The summed E-state index contributed by atoms with van der Waals surface area (Å²) in [5.41, 5.74) is 1.01. The summed E-state index contributed by atoms with van der Waals surface area (Å²) in [6.07, 6.45) is -0.193. The van der Waals surface area contributed by atoms with Crippen molar-refractivity contribution in [2.24, 2.45) is 0 Å². The van der Waals surface area contributed by atoms with E-state index in [1.165, 1.54) is 6.07 Å². The van der Waals surface area contributed by atoms with Gasteiger partial charge in [0.05, 0.1) is 0 Å². The highest BCUT2D eigenvalue weighted by Gasteiger charge is 2.08. The van der Waals surface area contributed by atoms with Crippen LogP contribution in [0.15, 0.2) is 40.9 Å². The molecule has 0 fully saturated rings. The van der Waals surface area contributed by atoms with Crippen molar-refractivity contribution < 1.29 is 19.2 Å². The Morgan fingerprint density at radius 2 is 2.12 bits per heavy atom. The van der Waals surface area contributed by atoms with Gasteiger partial charge in [-0.05, 0) is 10.7 Å². The standard InChI is InChI=1S/C12H11NO4/c14-12(15)7-10-6-11(13-17-10)16-8-9-4-2-1-3-5-9/h1-6H,7-8H2,(H,14,15). The molecule has 2 aromatic rings. The van der Waals surface area contributed by atoms with Crippen LogP contribution in [0.5, 0.6) is 5.88 Å². The van der Waals surface area contributed by atoms with Crippen molar-refractivity contribution in [3.05, 3.63) is 47.7 Å². The van der Waals surface area contributed by atoms with E-state index in [2.05, 4.69) is 5.16 Å². The quantitative estimate of drug-likeness (QED) is 0.853. The number of rotatable bonds is 5. The van der Waals surface area contributed by atoms with Crippen molar-refractivity contribution >= 4 is 5.97 Å². The summed E-state index contributed by atoms with van der Waals surface area (Å²) in [7, 11) is 0. The van der Waals surface area contributed by atoms with Crippen LogP contribution in [0.2, 0.25) is 0 Å². The first-order chi connectivity index (χ1) is 8.24. The van der Waals surface area contributed by atoms with Gasteiger partial charge in [0.1, 0.15) is 13.0 Å². The topological polar surface area (TPSA) is 72.6 Å². The van der Waals surface area contributed by atoms with E-state index in [-0.39, 0.29) is 12.2 Å². The molecule has 1 aromatic carbocycles. The largest absolute Gasteiger partial charge is 0.481 e. The van der Waals surface area contributed by atoms with E-state index in [1.54, 1.807) is 0 Å². The van der Waals surface area contributed by atoms with Crippen molar-refractivity contribution in [2.45, 2.75) is 13.0 Å². The van der Waals surface area contributed by atoms with Crippen molar-refractivity contribution in [1.82, 2.24) is 5.16 Å². The highest BCUT2D eigenvalue weighted by Crippen LogP contribution is 2.13. The van der Waals surface area contributed by atoms with Crippen molar-refractivity contribution in [3.8, 4) is 5.88 Å². The Labute approximate surface area is 97.6 Å². The molecule has 0 radical (unpaired) electrons. The maximum Gasteiger partial charge on any atom is 0.311 e. The van der Waals surface area contributed by atoms with E-state index < -0.39 is 5.97 Å². The third kappa shape index (κ3) is 3.34. The Bertz CT molecular complexity index is 492. The number of ether oxygens (including phenoxy) is 1. The van der Waals surface area contributed by atoms with Crippen molar-refractivity contribution in [3.63, 3.8) is 0 Å². The van der Waals surface area contributed by atoms with E-state index in [1.807, 2.05) is 30.3 Å². The molecule has 0 bridgehead atoms. The van der Waals surface area contributed by atoms with Crippen LogP contribution in [0.4, 0.5) is 0 Å². The molecular formula is C12H11NO4. The summed E-state index contributed by atoms with van der Waals surface area (Å²) in [6.45, 7) is 0.375. The minimum atomic E-state index is -0.962. The average molecular weight is 233 g/mol. The minimum absolute atomic E-state index is 0.193. The first-order valence-electron chi connectivity index (χ1n) is 5.08. The predicted molar refractivity (Wildman–Crippen MR) is 58.6 cm³/mol. The fraction of sp³-hybridized carbons (Fsp3) is 0.167. The van der Waals surface area contributed by atoms with Crippen LogP contribution in [-0.2, 0) is 17.8 Å². The Balaban J connectivity index is 1.91. The number of hydrogen-bond acceptors (Lipinski definition) is 4. The lowest BCUT2D eigenvalue weighted by molar-refractivity contribution is -0.136. The Hall–Kier alpha value is -2.30. The van der Waals surface area contributed by atoms with E-state index >= 15 is 0 Å². The fourth-order valence-electron chi connectivity index (χ4n) is 1.33. The number of benzene rings is 1. The number of nitrogens with zero attached hydrogens (tertiary/aromatic N) is 1. The lowest BCUT2D eigenvalue weighted by atomic mass is 10.2. The summed E-state index contributed by atoms with van der Waals surface area (Å²) >= 11 is 0. The van der Waals surface area contributed by atoms with Gasteiger partial charge in [0, 0.05) is 6.07 Å². The molecule has 0 aliphatic rings. The molecule has 0 saturated heterocycles. The van der Waals surface area contributed by atoms with Gasteiger partial charge in [-0.3, -0.25) is 4.79 Å². The summed E-state index contributed by atoms with van der Waals surface area (Å²) in [5.74, 6) is -0.388. The van der Waals surface area contributed by atoms with Gasteiger partial charge >= 0.3 is 5.97 Å². The third-order valence-electron chi connectivity index (χ3n) is 2.09. The highest BCUT2D eigenvalue weighted by molar-refractivity contribution is 5.69. The van der Waals surface area contributed by atoms with Crippen LogP contribution in [0.25, 0.3) is 0 Å². The van der Waals surface area contributed by atoms with Gasteiger partial charge in [-0.25, -0.2) is 0 Å². The van der Waals surface area contributed by atoms with Crippen molar-refractivity contribution in [2.75, 3.05) is 0 Å². The van der Waals surface area contributed by atoms with Crippen LogP contribution >= 0.6 is 0 Å². The van der Waals surface area contributed by atoms with Gasteiger partial charge in [-0.1, -0.05) is 30.3 Å². The zero-order chi connectivity index (χ0) is 12.1. The molecule has 1 heterocycles. The molecule has 5 nitrogen and oxygen atoms in total. The van der Waals surface area contributed by atoms with Gasteiger partial charge in [0.15, 0.2) is 5.76 Å². The fourth-order valence-corrected chi connectivity index (χ4v) is 1.33. The molecule has 1 aromatic heterocycles. The number of carboxylic acids is 1. The SMILES string of the molecule is O=C(O)Cc1cc(OCc2ccccc2)no1. The molecule has 0 amide bonds. The Morgan fingerprint density at radius 3 is 2.82 bits per heavy atom. The highest BCUT2D eigenvalue weighted by atomic mass is 16.5. The zero-order valence-electron chi connectivity index (χ0n) is 9.00. The number of carbonyl (C=O) groups is 1. The van der Waals surface area contributed by atoms with Crippen LogP contribution in [0.3, 0.4) is 0 Å². The van der Waals surface area contributed by atoms with Gasteiger partial charge in [0.2, 0.25) is 0 Å². The lowest BCUT2D eigenvalue weighted by Gasteiger charge is -2.00. The third-order valence-corrected chi connectivity index (χ3v) is 2.09.